The summed E-state index contributed by atoms with van der Waals surface area (Å²) in [6, 6.07) is 3.87. The SMILES string of the molecule is CCc1nn(CC(=O)NCCCN(C)C)c(=O)c2cc3ccsc3n12. The van der Waals surface area contributed by atoms with Gasteiger partial charge in [0.15, 0.2) is 0 Å². The van der Waals surface area contributed by atoms with Crippen molar-refractivity contribution in [3.05, 3.63) is 33.7 Å². The molecule has 0 unspecified atom stereocenters. The van der Waals surface area contributed by atoms with Crippen LogP contribution in [0.25, 0.3) is 15.7 Å². The lowest BCUT2D eigenvalue weighted by molar-refractivity contribution is -0.121. The van der Waals surface area contributed by atoms with Gasteiger partial charge in [0.2, 0.25) is 5.91 Å². The van der Waals surface area contributed by atoms with E-state index in [1.807, 2.05) is 42.9 Å². The van der Waals surface area contributed by atoms with Gasteiger partial charge in [-0.3, -0.25) is 14.0 Å². The predicted molar refractivity (Wildman–Crippen MR) is 100 cm³/mol. The first-order valence-corrected chi connectivity index (χ1v) is 9.29. The number of hydrogen-bond donors (Lipinski definition) is 1. The van der Waals surface area contributed by atoms with Crippen molar-refractivity contribution in [2.75, 3.05) is 27.2 Å². The Kier molecular flexibility index (Phi) is 5.19. The van der Waals surface area contributed by atoms with Gasteiger partial charge in [0, 0.05) is 18.4 Å². The third-order valence-electron chi connectivity index (χ3n) is 4.07. The van der Waals surface area contributed by atoms with Gasteiger partial charge in [0.1, 0.15) is 22.7 Å². The average Bonchev–Trinajstić information content (AvgIpc) is 3.15. The fraction of sp³-hybridized carbons (Fsp3) is 0.471. The highest BCUT2D eigenvalue weighted by molar-refractivity contribution is 7.16. The van der Waals surface area contributed by atoms with E-state index in [4.69, 9.17) is 0 Å². The summed E-state index contributed by atoms with van der Waals surface area (Å²) in [6.07, 6.45) is 1.55. The summed E-state index contributed by atoms with van der Waals surface area (Å²) in [5, 5.41) is 10.3. The van der Waals surface area contributed by atoms with Gasteiger partial charge in [-0.1, -0.05) is 6.92 Å². The maximum atomic E-state index is 12.7. The van der Waals surface area contributed by atoms with Crippen LogP contribution in [0.5, 0.6) is 0 Å². The zero-order valence-electron chi connectivity index (χ0n) is 14.8. The average molecular weight is 361 g/mol. The molecule has 0 aliphatic carbocycles. The van der Waals surface area contributed by atoms with E-state index < -0.39 is 0 Å². The number of carbonyl (C=O) groups is 1. The maximum Gasteiger partial charge on any atom is 0.291 e. The largest absolute Gasteiger partial charge is 0.354 e. The Morgan fingerprint density at radius 1 is 1.40 bits per heavy atom. The van der Waals surface area contributed by atoms with Crippen molar-refractivity contribution in [1.82, 2.24) is 24.4 Å². The molecule has 0 radical (unpaired) electrons. The quantitative estimate of drug-likeness (QED) is 0.645. The van der Waals surface area contributed by atoms with Crippen LogP contribution in [-0.2, 0) is 17.8 Å². The molecule has 0 spiro atoms. The molecule has 0 bridgehead atoms. The van der Waals surface area contributed by atoms with E-state index in [1.54, 1.807) is 11.3 Å². The van der Waals surface area contributed by atoms with Crippen LogP contribution in [0.3, 0.4) is 0 Å². The number of carbonyl (C=O) groups excluding carboxylic acids is 1. The van der Waals surface area contributed by atoms with Gasteiger partial charge < -0.3 is 10.2 Å². The van der Waals surface area contributed by atoms with E-state index in [-0.39, 0.29) is 18.0 Å². The van der Waals surface area contributed by atoms with E-state index in [0.29, 0.717) is 18.5 Å². The van der Waals surface area contributed by atoms with Crippen LogP contribution >= 0.6 is 11.3 Å². The minimum Gasteiger partial charge on any atom is -0.354 e. The Hall–Kier alpha value is -2.19. The highest BCUT2D eigenvalue weighted by atomic mass is 32.1. The second kappa shape index (κ2) is 7.37. The number of nitrogens with one attached hydrogen (secondary N) is 1. The summed E-state index contributed by atoms with van der Waals surface area (Å²) < 4.78 is 3.19. The van der Waals surface area contributed by atoms with Gasteiger partial charge in [-0.15, -0.1) is 11.3 Å². The summed E-state index contributed by atoms with van der Waals surface area (Å²) in [6.45, 7) is 3.45. The van der Waals surface area contributed by atoms with Crippen LogP contribution in [0, 0.1) is 0 Å². The second-order valence-corrected chi connectivity index (χ2v) is 7.18. The molecule has 25 heavy (non-hydrogen) atoms. The molecule has 0 aromatic carbocycles. The van der Waals surface area contributed by atoms with Crippen LogP contribution in [0.1, 0.15) is 19.2 Å². The van der Waals surface area contributed by atoms with E-state index in [9.17, 15) is 9.59 Å². The number of aryl methyl sites for hydroxylation is 1. The first-order valence-electron chi connectivity index (χ1n) is 8.41. The lowest BCUT2D eigenvalue weighted by Gasteiger charge is -2.11. The Morgan fingerprint density at radius 3 is 2.92 bits per heavy atom. The van der Waals surface area contributed by atoms with Crippen molar-refractivity contribution >= 4 is 33.0 Å². The molecule has 3 aromatic rings. The summed E-state index contributed by atoms with van der Waals surface area (Å²) in [5.41, 5.74) is 0.346. The van der Waals surface area contributed by atoms with Gasteiger partial charge in [-0.25, -0.2) is 4.68 Å². The molecule has 7 nitrogen and oxygen atoms in total. The fourth-order valence-corrected chi connectivity index (χ4v) is 3.77. The number of rotatable bonds is 7. The molecule has 0 atom stereocenters. The predicted octanol–water partition coefficient (Wildman–Crippen LogP) is 1.34. The van der Waals surface area contributed by atoms with Crippen LogP contribution in [-0.4, -0.2) is 52.2 Å². The van der Waals surface area contributed by atoms with E-state index in [0.717, 1.165) is 29.0 Å². The van der Waals surface area contributed by atoms with E-state index in [1.165, 1.54) is 4.68 Å². The van der Waals surface area contributed by atoms with Gasteiger partial charge in [-0.05, 0) is 44.6 Å². The summed E-state index contributed by atoms with van der Waals surface area (Å²) >= 11 is 1.59. The smallest absolute Gasteiger partial charge is 0.291 e. The minimum absolute atomic E-state index is 0.0525. The number of hydrogen-bond acceptors (Lipinski definition) is 5. The van der Waals surface area contributed by atoms with E-state index >= 15 is 0 Å². The zero-order valence-corrected chi connectivity index (χ0v) is 15.6. The van der Waals surface area contributed by atoms with Gasteiger partial charge >= 0.3 is 0 Å². The van der Waals surface area contributed by atoms with Crippen molar-refractivity contribution in [3.63, 3.8) is 0 Å². The lowest BCUT2D eigenvalue weighted by atomic mass is 10.4. The third kappa shape index (κ3) is 3.59. The summed E-state index contributed by atoms with van der Waals surface area (Å²) in [5.74, 6) is 0.598. The first kappa shape index (κ1) is 17.6. The van der Waals surface area contributed by atoms with Crippen molar-refractivity contribution in [2.24, 2.45) is 0 Å². The highest BCUT2D eigenvalue weighted by Crippen LogP contribution is 2.24. The molecule has 0 saturated heterocycles. The van der Waals surface area contributed by atoms with E-state index in [2.05, 4.69) is 15.3 Å². The number of fused-ring (bicyclic) bond motifs is 3. The summed E-state index contributed by atoms with van der Waals surface area (Å²) in [7, 11) is 3.99. The monoisotopic (exact) mass is 361 g/mol. The molecular weight excluding hydrogens is 338 g/mol. The van der Waals surface area contributed by atoms with Crippen molar-refractivity contribution in [3.8, 4) is 0 Å². The Labute approximate surface area is 149 Å². The molecule has 134 valence electrons. The Morgan fingerprint density at radius 2 is 2.20 bits per heavy atom. The number of aromatic nitrogens is 3. The van der Waals surface area contributed by atoms with Gasteiger partial charge in [0.25, 0.3) is 5.56 Å². The van der Waals surface area contributed by atoms with Crippen LogP contribution in [0.15, 0.2) is 22.3 Å². The molecule has 0 aliphatic heterocycles. The molecule has 8 heteroatoms. The molecule has 0 saturated carbocycles. The van der Waals surface area contributed by atoms with Gasteiger partial charge in [-0.2, -0.15) is 5.10 Å². The molecule has 1 amide bonds. The van der Waals surface area contributed by atoms with Crippen molar-refractivity contribution in [2.45, 2.75) is 26.3 Å². The molecule has 0 fully saturated rings. The molecule has 1 N–H and O–H groups in total. The fourth-order valence-electron chi connectivity index (χ4n) is 2.85. The maximum absolute atomic E-state index is 12.7. The zero-order chi connectivity index (χ0) is 18.0. The Bertz CT molecular complexity index is 953. The molecule has 3 rings (SSSR count). The van der Waals surface area contributed by atoms with Crippen LogP contribution in [0.4, 0.5) is 0 Å². The minimum atomic E-state index is -0.232. The lowest BCUT2D eigenvalue weighted by Crippen LogP contribution is -2.36. The van der Waals surface area contributed by atoms with Crippen LogP contribution in [0.2, 0.25) is 0 Å². The second-order valence-electron chi connectivity index (χ2n) is 6.29. The number of thiophene rings is 1. The van der Waals surface area contributed by atoms with Crippen molar-refractivity contribution in [1.29, 1.82) is 0 Å². The number of nitrogens with zero attached hydrogens (tertiary/aromatic N) is 4. The number of amides is 1. The molecule has 3 aromatic heterocycles. The molecular formula is C17H23N5O2S. The van der Waals surface area contributed by atoms with Gasteiger partial charge in [0.05, 0.1) is 0 Å². The third-order valence-corrected chi connectivity index (χ3v) is 4.99. The Balaban J connectivity index is 1.83. The highest BCUT2D eigenvalue weighted by Gasteiger charge is 2.15. The van der Waals surface area contributed by atoms with Crippen molar-refractivity contribution < 1.29 is 4.79 Å². The molecule has 3 heterocycles. The molecule has 0 aliphatic rings. The van der Waals surface area contributed by atoms with Crippen LogP contribution < -0.4 is 10.9 Å². The normalized spacial score (nSPS) is 11.7. The summed E-state index contributed by atoms with van der Waals surface area (Å²) in [4.78, 5) is 27.9. The standard InChI is InChI=1S/C17H23N5O2S/c1-4-14-19-21(11-15(23)18-7-5-8-20(2)3)16(24)13-10-12-6-9-25-17(12)22(13)14/h6,9-10H,4-5,7-8,11H2,1-3H3,(H,18,23). The topological polar surface area (TPSA) is 71.6 Å². The first-order chi connectivity index (χ1) is 12.0.